The van der Waals surface area contributed by atoms with Crippen molar-refractivity contribution in [1.82, 2.24) is 0 Å². The largest absolute Gasteiger partial charge is 0.478 e. The molecule has 0 heterocycles. The Bertz CT molecular complexity index is 228. The third-order valence-corrected chi connectivity index (χ3v) is 0.899. The maximum atomic E-state index is 10.3. The molecule has 0 bridgehead atoms. The van der Waals surface area contributed by atoms with Crippen LogP contribution >= 0.6 is 0 Å². The molecular weight excluding hydrogens is 184 g/mol. The average molecular weight is 198 g/mol. The van der Waals surface area contributed by atoms with Gasteiger partial charge in [-0.2, -0.15) is 0 Å². The summed E-state index contributed by atoms with van der Waals surface area (Å²) in [4.78, 5) is 19.6. The molecule has 14 heavy (non-hydrogen) atoms. The van der Waals surface area contributed by atoms with Crippen LogP contribution in [0.15, 0.2) is 37.5 Å². The number of hydrogen-bond acceptors (Lipinski definition) is 3. The van der Waals surface area contributed by atoms with Crippen molar-refractivity contribution in [3.8, 4) is 0 Å². The number of carboxylic acid groups (broad SMARTS) is 1. The quantitative estimate of drug-likeness (QED) is 0.423. The summed E-state index contributed by atoms with van der Waals surface area (Å²) in [6, 6.07) is 0. The Labute approximate surface area is 83.2 Å². The molecular formula is C10H14O4. The van der Waals surface area contributed by atoms with E-state index in [1.165, 1.54) is 0 Å². The van der Waals surface area contributed by atoms with Gasteiger partial charge in [0.2, 0.25) is 0 Å². The van der Waals surface area contributed by atoms with Crippen molar-refractivity contribution in [1.29, 1.82) is 0 Å². The molecule has 0 aromatic rings. The predicted molar refractivity (Wildman–Crippen MR) is 53.8 cm³/mol. The lowest BCUT2D eigenvalue weighted by Crippen LogP contribution is -1.98. The van der Waals surface area contributed by atoms with Gasteiger partial charge in [0.1, 0.15) is 6.61 Å². The first-order chi connectivity index (χ1) is 6.58. The second kappa shape index (κ2) is 11.2. The molecule has 4 heteroatoms. The van der Waals surface area contributed by atoms with E-state index >= 15 is 0 Å². The van der Waals surface area contributed by atoms with E-state index < -0.39 is 5.97 Å². The summed E-state index contributed by atoms with van der Waals surface area (Å²) in [7, 11) is 0. The molecule has 0 aliphatic heterocycles. The Morgan fingerprint density at radius 2 is 1.86 bits per heavy atom. The van der Waals surface area contributed by atoms with E-state index in [4.69, 9.17) is 5.11 Å². The molecule has 0 rings (SSSR count). The lowest BCUT2D eigenvalue weighted by molar-refractivity contribution is -0.136. The molecule has 0 fully saturated rings. The summed E-state index contributed by atoms with van der Waals surface area (Å²) in [6.07, 6.45) is 5.54. The maximum absolute atomic E-state index is 10.3. The van der Waals surface area contributed by atoms with Crippen LogP contribution in [0.2, 0.25) is 0 Å². The number of hydrogen-bond donors (Lipinski definition) is 1. The van der Waals surface area contributed by atoms with Crippen molar-refractivity contribution in [3.05, 3.63) is 37.5 Å². The normalized spacial score (nSPS) is 8.36. The van der Waals surface area contributed by atoms with E-state index in [0.717, 1.165) is 12.2 Å². The fourth-order valence-electron chi connectivity index (χ4n) is 0.285. The minimum atomic E-state index is -0.981. The topological polar surface area (TPSA) is 63.6 Å². The molecule has 1 N–H and O–H groups in total. The minimum absolute atomic E-state index is 0.335. The molecule has 0 unspecified atom stereocenters. The highest BCUT2D eigenvalue weighted by Gasteiger charge is 1.88. The Kier molecular flexibility index (Phi) is 11.7. The van der Waals surface area contributed by atoms with Crippen molar-refractivity contribution >= 4 is 11.9 Å². The van der Waals surface area contributed by atoms with Crippen molar-refractivity contribution in [2.45, 2.75) is 6.92 Å². The minimum Gasteiger partial charge on any atom is -0.478 e. The van der Waals surface area contributed by atoms with Crippen LogP contribution in [-0.4, -0.2) is 23.7 Å². The monoisotopic (exact) mass is 198 g/mol. The number of ether oxygens (including phenoxy) is 1. The predicted octanol–water partition coefficient (Wildman–Crippen LogP) is 1.55. The second-order valence-corrected chi connectivity index (χ2v) is 1.95. The Hall–Kier alpha value is -1.84. The number of esters is 1. The number of carbonyl (C=O) groups is 2. The summed E-state index contributed by atoms with van der Waals surface area (Å²) < 4.78 is 4.59. The van der Waals surface area contributed by atoms with Crippen LogP contribution in [0, 0.1) is 0 Å². The summed E-state index contributed by atoms with van der Waals surface area (Å²) >= 11 is 0. The summed E-state index contributed by atoms with van der Waals surface area (Å²) in [5, 5.41) is 7.60. The van der Waals surface area contributed by atoms with E-state index in [0.29, 0.717) is 6.61 Å². The molecule has 0 radical (unpaired) electrons. The summed E-state index contributed by atoms with van der Waals surface area (Å²) in [5.41, 5.74) is 0. The smallest absolute Gasteiger partial charge is 0.330 e. The summed E-state index contributed by atoms with van der Waals surface area (Å²) in [5.74, 6) is -1.36. The van der Waals surface area contributed by atoms with Gasteiger partial charge in [-0.15, -0.1) is 0 Å². The molecule has 78 valence electrons. The van der Waals surface area contributed by atoms with Gasteiger partial charge in [-0.1, -0.05) is 25.3 Å². The first-order valence-electron chi connectivity index (χ1n) is 3.84. The van der Waals surface area contributed by atoms with E-state index in [9.17, 15) is 9.59 Å². The van der Waals surface area contributed by atoms with Crippen molar-refractivity contribution in [3.63, 3.8) is 0 Å². The lowest BCUT2D eigenvalue weighted by atomic mass is 10.5. The Morgan fingerprint density at radius 3 is 2.14 bits per heavy atom. The van der Waals surface area contributed by atoms with Crippen molar-refractivity contribution in [2.24, 2.45) is 0 Å². The first kappa shape index (κ1) is 14.7. The molecule has 0 spiro atoms. The van der Waals surface area contributed by atoms with Gasteiger partial charge in [-0.25, -0.2) is 9.59 Å². The molecule has 0 aliphatic carbocycles. The van der Waals surface area contributed by atoms with Crippen LogP contribution in [0.3, 0.4) is 0 Å². The van der Waals surface area contributed by atoms with Gasteiger partial charge < -0.3 is 9.84 Å². The van der Waals surface area contributed by atoms with Gasteiger partial charge >= 0.3 is 11.9 Å². The highest BCUT2D eigenvalue weighted by molar-refractivity contribution is 5.81. The van der Waals surface area contributed by atoms with Gasteiger partial charge in [0.05, 0.1) is 0 Å². The van der Waals surface area contributed by atoms with Crippen LogP contribution in [0.1, 0.15) is 6.92 Å². The van der Waals surface area contributed by atoms with Crippen molar-refractivity contribution < 1.29 is 19.4 Å². The molecule has 0 saturated heterocycles. The van der Waals surface area contributed by atoms with Gasteiger partial charge in [-0.05, 0) is 6.92 Å². The molecule has 0 aromatic heterocycles. The number of rotatable bonds is 4. The van der Waals surface area contributed by atoms with Crippen molar-refractivity contribution in [2.75, 3.05) is 6.61 Å². The standard InChI is InChI=1S/C7H10O2.C3H4O2/c1-3-5-6-9-7(8)4-2;1-2-3(4)5/h3-5H,2,6H2,1H3;2H,1H2,(H,4,5). The second-order valence-electron chi connectivity index (χ2n) is 1.95. The first-order valence-corrected chi connectivity index (χ1v) is 3.84. The van der Waals surface area contributed by atoms with Gasteiger partial charge in [0, 0.05) is 12.2 Å². The van der Waals surface area contributed by atoms with Crippen LogP contribution in [0.4, 0.5) is 0 Å². The van der Waals surface area contributed by atoms with Crippen LogP contribution in [0.25, 0.3) is 0 Å². The maximum Gasteiger partial charge on any atom is 0.330 e. The highest BCUT2D eigenvalue weighted by atomic mass is 16.5. The SMILES string of the molecule is C=CC(=O)O.C=CC(=O)OCC=CC. The molecule has 0 saturated carbocycles. The van der Waals surface area contributed by atoms with Gasteiger partial charge in [0.25, 0.3) is 0 Å². The zero-order chi connectivity index (χ0) is 11.4. The zero-order valence-corrected chi connectivity index (χ0v) is 8.10. The highest BCUT2D eigenvalue weighted by Crippen LogP contribution is 1.79. The summed E-state index contributed by atoms with van der Waals surface area (Å²) in [6.45, 7) is 8.40. The van der Waals surface area contributed by atoms with Crippen LogP contribution in [0.5, 0.6) is 0 Å². The average Bonchev–Trinajstić information content (AvgIpc) is 2.19. The number of carboxylic acids is 1. The van der Waals surface area contributed by atoms with E-state index in [1.807, 2.05) is 13.0 Å². The van der Waals surface area contributed by atoms with Crippen LogP contribution in [-0.2, 0) is 14.3 Å². The number of carbonyl (C=O) groups excluding carboxylic acids is 1. The lowest BCUT2D eigenvalue weighted by Gasteiger charge is -1.93. The molecule has 0 atom stereocenters. The van der Waals surface area contributed by atoms with E-state index in [2.05, 4.69) is 17.9 Å². The van der Waals surface area contributed by atoms with Gasteiger partial charge in [0.15, 0.2) is 0 Å². The van der Waals surface area contributed by atoms with Crippen LogP contribution < -0.4 is 0 Å². The third-order valence-electron chi connectivity index (χ3n) is 0.899. The molecule has 4 nitrogen and oxygen atoms in total. The fraction of sp³-hybridized carbons (Fsp3) is 0.200. The Balaban J connectivity index is 0. The van der Waals surface area contributed by atoms with E-state index in [-0.39, 0.29) is 5.97 Å². The van der Waals surface area contributed by atoms with Gasteiger partial charge in [-0.3, -0.25) is 0 Å². The van der Waals surface area contributed by atoms with E-state index in [1.54, 1.807) is 6.08 Å². The molecule has 0 amide bonds. The molecule has 0 aliphatic rings. The Morgan fingerprint density at radius 1 is 1.36 bits per heavy atom. The fourth-order valence-corrected chi connectivity index (χ4v) is 0.285. The molecule has 0 aromatic carbocycles. The third kappa shape index (κ3) is 16.6. The zero-order valence-electron chi connectivity index (χ0n) is 8.10. The number of allylic oxidation sites excluding steroid dienone is 1. The number of aliphatic carboxylic acids is 1.